The van der Waals surface area contributed by atoms with Gasteiger partial charge in [0.05, 0.1) is 5.56 Å². The zero-order chi connectivity index (χ0) is 13.8. The molecule has 0 N–H and O–H groups in total. The van der Waals surface area contributed by atoms with Crippen molar-refractivity contribution < 1.29 is 9.18 Å². The predicted molar refractivity (Wildman–Crippen MR) is 74.1 cm³/mol. The zero-order valence-corrected chi connectivity index (χ0v) is 11.9. The molecular weight excluding hydrogens is 311 g/mol. The van der Waals surface area contributed by atoms with Crippen molar-refractivity contribution in [1.29, 1.82) is 0 Å². The van der Waals surface area contributed by atoms with Crippen LogP contribution in [0.3, 0.4) is 0 Å². The summed E-state index contributed by atoms with van der Waals surface area (Å²) in [6.45, 7) is 0.220. The van der Waals surface area contributed by atoms with Crippen molar-refractivity contribution in [3.8, 4) is 0 Å². The molecule has 1 amide bonds. The second-order valence-corrected chi connectivity index (χ2v) is 5.06. The SMILES string of the molecule is CN(Cc1ccccc1F)C(=O)c1cncc(Br)c1. The summed E-state index contributed by atoms with van der Waals surface area (Å²) in [6.07, 6.45) is 3.10. The molecule has 0 aliphatic carbocycles. The Morgan fingerprint density at radius 2 is 2.11 bits per heavy atom. The van der Waals surface area contributed by atoms with E-state index in [1.807, 2.05) is 0 Å². The highest BCUT2D eigenvalue weighted by Gasteiger charge is 2.14. The van der Waals surface area contributed by atoms with Crippen molar-refractivity contribution in [2.24, 2.45) is 0 Å². The number of hydrogen-bond donors (Lipinski definition) is 0. The van der Waals surface area contributed by atoms with Gasteiger partial charge in [-0.25, -0.2) is 4.39 Å². The Kier molecular flexibility index (Phi) is 4.27. The quantitative estimate of drug-likeness (QED) is 0.869. The topological polar surface area (TPSA) is 33.2 Å². The van der Waals surface area contributed by atoms with Crippen molar-refractivity contribution in [2.45, 2.75) is 6.54 Å². The van der Waals surface area contributed by atoms with E-state index in [9.17, 15) is 9.18 Å². The monoisotopic (exact) mass is 322 g/mol. The van der Waals surface area contributed by atoms with Gasteiger partial charge in [-0.3, -0.25) is 9.78 Å². The molecule has 1 heterocycles. The summed E-state index contributed by atoms with van der Waals surface area (Å²) in [4.78, 5) is 17.6. The molecule has 0 spiro atoms. The average molecular weight is 323 g/mol. The summed E-state index contributed by atoms with van der Waals surface area (Å²) < 4.78 is 14.3. The molecule has 0 aliphatic rings. The van der Waals surface area contributed by atoms with Crippen LogP contribution in [0.25, 0.3) is 0 Å². The third-order valence-electron chi connectivity index (χ3n) is 2.66. The van der Waals surface area contributed by atoms with Crippen molar-refractivity contribution in [1.82, 2.24) is 9.88 Å². The van der Waals surface area contributed by atoms with Gasteiger partial charge in [0.15, 0.2) is 0 Å². The van der Waals surface area contributed by atoms with Gasteiger partial charge in [0.2, 0.25) is 0 Å². The summed E-state index contributed by atoms with van der Waals surface area (Å²) in [6, 6.07) is 8.11. The highest BCUT2D eigenvalue weighted by atomic mass is 79.9. The summed E-state index contributed by atoms with van der Waals surface area (Å²) in [5.41, 5.74) is 0.953. The maximum atomic E-state index is 13.5. The normalized spacial score (nSPS) is 10.3. The Morgan fingerprint density at radius 1 is 1.37 bits per heavy atom. The van der Waals surface area contributed by atoms with Crippen molar-refractivity contribution in [3.05, 3.63) is 64.1 Å². The van der Waals surface area contributed by atoms with Crippen LogP contribution >= 0.6 is 15.9 Å². The second kappa shape index (κ2) is 5.93. The van der Waals surface area contributed by atoms with Crippen molar-refractivity contribution in [2.75, 3.05) is 7.05 Å². The van der Waals surface area contributed by atoms with Crippen LogP contribution in [-0.2, 0) is 6.54 Å². The van der Waals surface area contributed by atoms with Crippen LogP contribution in [0.15, 0.2) is 47.2 Å². The molecule has 0 unspecified atom stereocenters. The van der Waals surface area contributed by atoms with Crippen molar-refractivity contribution >= 4 is 21.8 Å². The number of carbonyl (C=O) groups excluding carboxylic acids is 1. The number of aromatic nitrogens is 1. The third kappa shape index (κ3) is 3.38. The van der Waals surface area contributed by atoms with Gasteiger partial charge >= 0.3 is 0 Å². The molecule has 0 radical (unpaired) electrons. The van der Waals surface area contributed by atoms with Gasteiger partial charge in [-0.15, -0.1) is 0 Å². The van der Waals surface area contributed by atoms with E-state index in [1.165, 1.54) is 17.2 Å². The summed E-state index contributed by atoms with van der Waals surface area (Å²) in [7, 11) is 1.63. The molecule has 0 saturated carbocycles. The fourth-order valence-corrected chi connectivity index (χ4v) is 2.07. The van der Waals surface area contributed by atoms with Gasteiger partial charge in [0.25, 0.3) is 5.91 Å². The van der Waals surface area contributed by atoms with Crippen LogP contribution in [0.5, 0.6) is 0 Å². The fraction of sp³-hybridized carbons (Fsp3) is 0.143. The first-order chi connectivity index (χ1) is 9.08. The number of halogens is 2. The van der Waals surface area contributed by atoms with E-state index in [2.05, 4.69) is 20.9 Å². The maximum Gasteiger partial charge on any atom is 0.255 e. The molecule has 1 aromatic carbocycles. The maximum absolute atomic E-state index is 13.5. The third-order valence-corrected chi connectivity index (χ3v) is 3.10. The van der Waals surface area contributed by atoms with Crippen molar-refractivity contribution in [3.63, 3.8) is 0 Å². The Morgan fingerprint density at radius 3 is 2.79 bits per heavy atom. The van der Waals surface area contributed by atoms with Gasteiger partial charge in [0, 0.05) is 36.0 Å². The van der Waals surface area contributed by atoms with Gasteiger partial charge in [-0.2, -0.15) is 0 Å². The van der Waals surface area contributed by atoms with Crippen LogP contribution in [0, 0.1) is 5.82 Å². The molecule has 0 atom stereocenters. The van der Waals surface area contributed by atoms with Gasteiger partial charge in [-0.05, 0) is 28.1 Å². The molecule has 2 aromatic rings. The van der Waals surface area contributed by atoms with E-state index in [0.717, 1.165) is 4.47 Å². The predicted octanol–water partition coefficient (Wildman–Crippen LogP) is 3.26. The Balaban J connectivity index is 2.14. The lowest BCUT2D eigenvalue weighted by Crippen LogP contribution is -2.26. The molecule has 1 aromatic heterocycles. The molecule has 3 nitrogen and oxygen atoms in total. The molecule has 5 heteroatoms. The first-order valence-corrected chi connectivity index (χ1v) is 6.46. The van der Waals surface area contributed by atoms with Crippen LogP contribution in [0.2, 0.25) is 0 Å². The minimum absolute atomic E-state index is 0.197. The van der Waals surface area contributed by atoms with Crippen LogP contribution in [0.1, 0.15) is 15.9 Å². The van der Waals surface area contributed by atoms with Gasteiger partial charge in [-0.1, -0.05) is 18.2 Å². The van der Waals surface area contributed by atoms with Gasteiger partial charge < -0.3 is 4.90 Å². The number of pyridine rings is 1. The van der Waals surface area contributed by atoms with E-state index in [-0.39, 0.29) is 18.3 Å². The van der Waals surface area contributed by atoms with Crippen LogP contribution in [-0.4, -0.2) is 22.8 Å². The number of amides is 1. The largest absolute Gasteiger partial charge is 0.337 e. The lowest BCUT2D eigenvalue weighted by atomic mass is 10.2. The number of benzene rings is 1. The summed E-state index contributed by atoms with van der Waals surface area (Å²) >= 11 is 3.26. The van der Waals surface area contributed by atoms with Crippen LogP contribution in [0.4, 0.5) is 4.39 Å². The molecule has 0 aliphatic heterocycles. The lowest BCUT2D eigenvalue weighted by Gasteiger charge is -2.17. The lowest BCUT2D eigenvalue weighted by molar-refractivity contribution is 0.0783. The smallest absolute Gasteiger partial charge is 0.255 e. The van der Waals surface area contributed by atoms with E-state index in [4.69, 9.17) is 0 Å². The fourth-order valence-electron chi connectivity index (χ4n) is 1.70. The van der Waals surface area contributed by atoms with Gasteiger partial charge in [0.1, 0.15) is 5.82 Å². The minimum Gasteiger partial charge on any atom is -0.337 e. The minimum atomic E-state index is -0.311. The number of carbonyl (C=O) groups is 1. The molecular formula is C14H12BrFN2O. The van der Waals surface area contributed by atoms with E-state index >= 15 is 0 Å². The van der Waals surface area contributed by atoms with E-state index in [0.29, 0.717) is 11.1 Å². The number of hydrogen-bond acceptors (Lipinski definition) is 2. The average Bonchev–Trinajstić information content (AvgIpc) is 2.40. The highest BCUT2D eigenvalue weighted by Crippen LogP contribution is 2.14. The molecule has 0 fully saturated rings. The van der Waals surface area contributed by atoms with Crippen LogP contribution < -0.4 is 0 Å². The number of rotatable bonds is 3. The highest BCUT2D eigenvalue weighted by molar-refractivity contribution is 9.10. The molecule has 0 saturated heterocycles. The van der Waals surface area contributed by atoms with E-state index < -0.39 is 0 Å². The molecule has 2 rings (SSSR count). The Hall–Kier alpha value is -1.75. The second-order valence-electron chi connectivity index (χ2n) is 4.14. The molecule has 0 bridgehead atoms. The Bertz CT molecular complexity index is 604. The molecule has 19 heavy (non-hydrogen) atoms. The zero-order valence-electron chi connectivity index (χ0n) is 10.3. The summed E-state index contributed by atoms with van der Waals surface area (Å²) in [5.74, 6) is -0.508. The first-order valence-electron chi connectivity index (χ1n) is 5.67. The standard InChI is InChI=1S/C14H12BrFN2O/c1-18(9-10-4-2-3-5-13(10)16)14(19)11-6-12(15)8-17-7-11/h2-8H,9H2,1H3. The number of nitrogens with zero attached hydrogens (tertiary/aromatic N) is 2. The first kappa shape index (κ1) is 13.7. The van der Waals surface area contributed by atoms with E-state index in [1.54, 1.807) is 37.5 Å². The Labute approximate surface area is 119 Å². The molecule has 98 valence electrons. The summed E-state index contributed by atoms with van der Waals surface area (Å²) in [5, 5.41) is 0.